The molecule has 2 rings (SSSR count). The van der Waals surface area contributed by atoms with Gasteiger partial charge in [-0.1, -0.05) is 11.6 Å². The van der Waals surface area contributed by atoms with Crippen molar-refractivity contribution in [2.75, 3.05) is 17.2 Å². The van der Waals surface area contributed by atoms with Crippen molar-refractivity contribution in [3.8, 4) is 5.75 Å². The fourth-order valence-electron chi connectivity index (χ4n) is 1.96. The van der Waals surface area contributed by atoms with Crippen LogP contribution in [0.25, 0.3) is 0 Å². The highest BCUT2D eigenvalue weighted by Gasteiger charge is 2.14. The monoisotopic (exact) mass is 336 g/mol. The molecule has 0 radical (unpaired) electrons. The molecule has 0 bridgehead atoms. The fraction of sp³-hybridized carbons (Fsp3) is 0.235. The SMILES string of the molecule is CCOc1ccc(N[C@@H](C)C(=O)Nc2ccc(F)cc2Cl)cc1. The van der Waals surface area contributed by atoms with Crippen LogP contribution in [0.1, 0.15) is 13.8 Å². The number of rotatable bonds is 6. The number of amides is 1. The number of nitrogens with one attached hydrogen (secondary N) is 2. The Labute approximate surface area is 139 Å². The van der Waals surface area contributed by atoms with E-state index in [0.717, 1.165) is 17.5 Å². The Kier molecular flexibility index (Phi) is 5.82. The minimum absolute atomic E-state index is 0.159. The van der Waals surface area contributed by atoms with E-state index < -0.39 is 11.9 Å². The van der Waals surface area contributed by atoms with Gasteiger partial charge in [0.05, 0.1) is 17.3 Å². The zero-order valence-electron chi connectivity index (χ0n) is 12.9. The first-order valence-corrected chi connectivity index (χ1v) is 7.62. The van der Waals surface area contributed by atoms with Gasteiger partial charge in [0, 0.05) is 5.69 Å². The lowest BCUT2D eigenvalue weighted by atomic mass is 10.2. The lowest BCUT2D eigenvalue weighted by Crippen LogP contribution is -2.31. The summed E-state index contributed by atoms with van der Waals surface area (Å²) in [5.41, 5.74) is 1.17. The molecule has 122 valence electrons. The molecule has 4 nitrogen and oxygen atoms in total. The number of anilines is 2. The zero-order valence-corrected chi connectivity index (χ0v) is 13.7. The molecule has 0 fully saturated rings. The second-order valence-corrected chi connectivity index (χ2v) is 5.34. The van der Waals surface area contributed by atoms with Gasteiger partial charge in [-0.2, -0.15) is 0 Å². The first kappa shape index (κ1) is 17.1. The third kappa shape index (κ3) is 4.86. The predicted molar refractivity (Wildman–Crippen MR) is 90.7 cm³/mol. The number of hydrogen-bond acceptors (Lipinski definition) is 3. The van der Waals surface area contributed by atoms with Crippen molar-refractivity contribution in [2.45, 2.75) is 19.9 Å². The summed E-state index contributed by atoms with van der Waals surface area (Å²) in [5.74, 6) is 0.0502. The molecule has 0 spiro atoms. The summed E-state index contributed by atoms with van der Waals surface area (Å²) in [6.45, 7) is 4.24. The van der Waals surface area contributed by atoms with Gasteiger partial charge >= 0.3 is 0 Å². The molecule has 6 heteroatoms. The van der Waals surface area contributed by atoms with Gasteiger partial charge in [0.1, 0.15) is 17.6 Å². The van der Waals surface area contributed by atoms with Crippen LogP contribution >= 0.6 is 11.6 Å². The van der Waals surface area contributed by atoms with Gasteiger partial charge in [-0.3, -0.25) is 4.79 Å². The van der Waals surface area contributed by atoms with Gasteiger partial charge in [0.15, 0.2) is 0 Å². The van der Waals surface area contributed by atoms with Crippen LogP contribution in [-0.2, 0) is 4.79 Å². The molecule has 0 aliphatic heterocycles. The quantitative estimate of drug-likeness (QED) is 0.826. The van der Waals surface area contributed by atoms with Crippen LogP contribution in [0.15, 0.2) is 42.5 Å². The van der Waals surface area contributed by atoms with Crippen molar-refractivity contribution >= 4 is 28.9 Å². The lowest BCUT2D eigenvalue weighted by Gasteiger charge is -2.16. The highest BCUT2D eigenvalue weighted by Crippen LogP contribution is 2.23. The number of carbonyl (C=O) groups is 1. The minimum atomic E-state index is -0.492. The second-order valence-electron chi connectivity index (χ2n) is 4.94. The van der Waals surface area contributed by atoms with Crippen molar-refractivity contribution in [3.05, 3.63) is 53.3 Å². The van der Waals surface area contributed by atoms with Crippen LogP contribution in [0.2, 0.25) is 5.02 Å². The van der Waals surface area contributed by atoms with Crippen molar-refractivity contribution in [2.24, 2.45) is 0 Å². The number of carbonyl (C=O) groups excluding carboxylic acids is 1. The molecular formula is C17H18ClFN2O2. The normalized spacial score (nSPS) is 11.7. The second kappa shape index (κ2) is 7.83. The Bertz CT molecular complexity index is 677. The molecule has 2 aromatic rings. The molecule has 2 aromatic carbocycles. The fourth-order valence-corrected chi connectivity index (χ4v) is 2.18. The lowest BCUT2D eigenvalue weighted by molar-refractivity contribution is -0.116. The van der Waals surface area contributed by atoms with Gasteiger partial charge < -0.3 is 15.4 Å². The Hall–Kier alpha value is -2.27. The maximum Gasteiger partial charge on any atom is 0.246 e. The highest BCUT2D eigenvalue weighted by molar-refractivity contribution is 6.33. The van der Waals surface area contributed by atoms with Crippen LogP contribution < -0.4 is 15.4 Å². The van der Waals surface area contributed by atoms with E-state index in [4.69, 9.17) is 16.3 Å². The molecule has 0 unspecified atom stereocenters. The first-order chi connectivity index (χ1) is 11.0. The van der Waals surface area contributed by atoms with Crippen LogP contribution in [-0.4, -0.2) is 18.6 Å². The van der Waals surface area contributed by atoms with Gasteiger partial charge in [-0.05, 0) is 56.3 Å². The Morgan fingerprint density at radius 2 is 1.96 bits per heavy atom. The third-order valence-electron chi connectivity index (χ3n) is 3.13. The summed E-state index contributed by atoms with van der Waals surface area (Å²) in [6, 6.07) is 10.7. The van der Waals surface area contributed by atoms with Crippen molar-refractivity contribution in [1.82, 2.24) is 0 Å². The molecule has 2 N–H and O–H groups in total. The maximum absolute atomic E-state index is 13.0. The Morgan fingerprint density at radius 3 is 2.57 bits per heavy atom. The largest absolute Gasteiger partial charge is 0.494 e. The van der Waals surface area contributed by atoms with Crippen LogP contribution in [0.3, 0.4) is 0 Å². The molecule has 0 aliphatic rings. The van der Waals surface area contributed by atoms with E-state index in [1.54, 1.807) is 6.92 Å². The van der Waals surface area contributed by atoms with E-state index in [9.17, 15) is 9.18 Å². The minimum Gasteiger partial charge on any atom is -0.494 e. The summed E-state index contributed by atoms with van der Waals surface area (Å²) in [6.07, 6.45) is 0. The van der Waals surface area contributed by atoms with E-state index in [-0.39, 0.29) is 10.9 Å². The molecule has 23 heavy (non-hydrogen) atoms. The number of ether oxygens (including phenoxy) is 1. The van der Waals surface area contributed by atoms with E-state index >= 15 is 0 Å². The summed E-state index contributed by atoms with van der Waals surface area (Å²) < 4.78 is 18.4. The maximum atomic E-state index is 13.0. The summed E-state index contributed by atoms with van der Waals surface area (Å²) in [7, 11) is 0. The number of benzene rings is 2. The van der Waals surface area contributed by atoms with E-state index in [0.29, 0.717) is 12.3 Å². The van der Waals surface area contributed by atoms with Gasteiger partial charge in [-0.25, -0.2) is 4.39 Å². The summed E-state index contributed by atoms with van der Waals surface area (Å²) >= 11 is 5.90. The van der Waals surface area contributed by atoms with Gasteiger partial charge in [-0.15, -0.1) is 0 Å². The summed E-state index contributed by atoms with van der Waals surface area (Å²) in [4.78, 5) is 12.2. The standard InChI is InChI=1S/C17H18ClFN2O2/c1-3-23-14-7-5-13(6-8-14)20-11(2)17(22)21-16-9-4-12(19)10-15(16)18/h4-11,20H,3H2,1-2H3,(H,21,22)/t11-/m0/s1. The predicted octanol–water partition coefficient (Wildman–Crippen LogP) is 4.32. The molecule has 1 amide bonds. The number of halogens is 2. The average Bonchev–Trinajstić information content (AvgIpc) is 2.52. The molecule has 0 aromatic heterocycles. The van der Waals surface area contributed by atoms with Crippen LogP contribution in [0.4, 0.5) is 15.8 Å². The van der Waals surface area contributed by atoms with E-state index in [1.807, 2.05) is 31.2 Å². The molecule has 0 saturated heterocycles. The van der Waals surface area contributed by atoms with Crippen molar-refractivity contribution in [1.29, 1.82) is 0 Å². The van der Waals surface area contributed by atoms with Crippen LogP contribution in [0.5, 0.6) is 5.75 Å². The molecular weight excluding hydrogens is 319 g/mol. The van der Waals surface area contributed by atoms with Gasteiger partial charge in [0.2, 0.25) is 5.91 Å². The van der Waals surface area contributed by atoms with E-state index in [1.165, 1.54) is 12.1 Å². The topological polar surface area (TPSA) is 50.4 Å². The van der Waals surface area contributed by atoms with Crippen LogP contribution in [0, 0.1) is 5.82 Å². The zero-order chi connectivity index (χ0) is 16.8. The Morgan fingerprint density at radius 1 is 1.26 bits per heavy atom. The summed E-state index contributed by atoms with van der Waals surface area (Å²) in [5, 5.41) is 5.90. The molecule has 0 heterocycles. The highest BCUT2D eigenvalue weighted by atomic mass is 35.5. The van der Waals surface area contributed by atoms with Crippen molar-refractivity contribution in [3.63, 3.8) is 0 Å². The van der Waals surface area contributed by atoms with Gasteiger partial charge in [0.25, 0.3) is 0 Å². The Balaban J connectivity index is 1.96. The first-order valence-electron chi connectivity index (χ1n) is 7.25. The number of hydrogen-bond donors (Lipinski definition) is 2. The molecule has 1 atom stereocenters. The third-order valence-corrected chi connectivity index (χ3v) is 3.44. The molecule has 0 aliphatic carbocycles. The van der Waals surface area contributed by atoms with Crippen molar-refractivity contribution < 1.29 is 13.9 Å². The smallest absolute Gasteiger partial charge is 0.246 e. The molecule has 0 saturated carbocycles. The van der Waals surface area contributed by atoms with E-state index in [2.05, 4.69) is 10.6 Å². The average molecular weight is 337 g/mol.